The molecule has 0 aliphatic carbocycles. The monoisotopic (exact) mass is 403 g/mol. The molecule has 0 bridgehead atoms. The molecule has 130 valence electrons. The van der Waals surface area contributed by atoms with Gasteiger partial charge in [-0.05, 0) is 34.1 Å². The fourth-order valence-corrected chi connectivity index (χ4v) is 3.01. The van der Waals surface area contributed by atoms with Crippen molar-refractivity contribution in [1.82, 2.24) is 0 Å². The van der Waals surface area contributed by atoms with Crippen LogP contribution in [0.1, 0.15) is 34.6 Å². The van der Waals surface area contributed by atoms with Crippen molar-refractivity contribution in [3.63, 3.8) is 0 Å². The highest BCUT2D eigenvalue weighted by molar-refractivity contribution is 9.10. The van der Waals surface area contributed by atoms with Crippen LogP contribution in [0.25, 0.3) is 0 Å². The summed E-state index contributed by atoms with van der Waals surface area (Å²) in [7, 11) is 0. The van der Waals surface area contributed by atoms with E-state index in [1.165, 1.54) is 0 Å². The number of carbonyl (C=O) groups excluding carboxylic acids is 2. The van der Waals surface area contributed by atoms with E-state index in [9.17, 15) is 9.59 Å². The third-order valence-corrected chi connectivity index (χ3v) is 4.53. The molecule has 5 nitrogen and oxygen atoms in total. The third kappa shape index (κ3) is 3.69. The average Bonchev–Trinajstić information content (AvgIpc) is 2.60. The molecule has 2 aromatic rings. The van der Waals surface area contributed by atoms with Crippen LogP contribution in [0.15, 0.2) is 40.9 Å². The van der Waals surface area contributed by atoms with Gasteiger partial charge in [0.15, 0.2) is 17.3 Å². The molecule has 3 rings (SSSR count). The summed E-state index contributed by atoms with van der Waals surface area (Å²) >= 11 is 3.37. The molecule has 1 aliphatic rings. The number of ketones is 1. The second-order valence-corrected chi connectivity index (χ2v) is 6.85. The number of nitrogens with one attached hydrogen (secondary N) is 1. The van der Waals surface area contributed by atoms with Crippen LogP contribution in [0.5, 0.6) is 11.5 Å². The molecule has 0 saturated heterocycles. The number of halogens is 1. The van der Waals surface area contributed by atoms with Gasteiger partial charge < -0.3 is 14.8 Å². The van der Waals surface area contributed by atoms with E-state index in [4.69, 9.17) is 9.47 Å². The van der Waals surface area contributed by atoms with Gasteiger partial charge in [-0.1, -0.05) is 26.0 Å². The average molecular weight is 404 g/mol. The maximum Gasteiger partial charge on any atom is 0.256 e. The maximum absolute atomic E-state index is 12.6. The standard InChI is InChI=1S/C19H18BrNO4/c1-11(2)18(22)13-9-16-17(25-8-7-24-16)10-15(13)21-19(23)12-5-3-4-6-14(12)20/h3-6,9-11H,7-8H2,1-2H3,(H,21,23). The number of rotatable bonds is 4. The Bertz CT molecular complexity index is 832. The lowest BCUT2D eigenvalue weighted by molar-refractivity contribution is 0.0939. The van der Waals surface area contributed by atoms with E-state index in [-0.39, 0.29) is 17.6 Å². The molecule has 0 aromatic heterocycles. The van der Waals surface area contributed by atoms with Crippen molar-refractivity contribution in [2.24, 2.45) is 5.92 Å². The van der Waals surface area contributed by atoms with Crippen LogP contribution in [0.4, 0.5) is 5.69 Å². The topological polar surface area (TPSA) is 64.6 Å². The highest BCUT2D eigenvalue weighted by Crippen LogP contribution is 2.37. The van der Waals surface area contributed by atoms with E-state index in [1.54, 1.807) is 30.3 Å². The quantitative estimate of drug-likeness (QED) is 0.772. The first kappa shape index (κ1) is 17.5. The zero-order valence-corrected chi connectivity index (χ0v) is 15.6. The van der Waals surface area contributed by atoms with Gasteiger partial charge in [0.25, 0.3) is 5.91 Å². The van der Waals surface area contributed by atoms with Crippen molar-refractivity contribution >= 4 is 33.3 Å². The third-order valence-electron chi connectivity index (χ3n) is 3.84. The molecule has 0 spiro atoms. The summed E-state index contributed by atoms with van der Waals surface area (Å²) in [5.41, 5.74) is 1.32. The van der Waals surface area contributed by atoms with E-state index in [1.807, 2.05) is 19.9 Å². The molecule has 0 saturated carbocycles. The van der Waals surface area contributed by atoms with Crippen LogP contribution >= 0.6 is 15.9 Å². The number of amides is 1. The lowest BCUT2D eigenvalue weighted by Crippen LogP contribution is -2.20. The van der Waals surface area contributed by atoms with Gasteiger partial charge in [-0.2, -0.15) is 0 Å². The molecule has 1 heterocycles. The summed E-state index contributed by atoms with van der Waals surface area (Å²) in [6.07, 6.45) is 0. The minimum absolute atomic E-state index is 0.0700. The van der Waals surface area contributed by atoms with Gasteiger partial charge in [-0.3, -0.25) is 9.59 Å². The van der Waals surface area contributed by atoms with Crippen LogP contribution in [0.2, 0.25) is 0 Å². The van der Waals surface area contributed by atoms with Gasteiger partial charge in [-0.15, -0.1) is 0 Å². The molecule has 0 atom stereocenters. The van der Waals surface area contributed by atoms with E-state index in [0.29, 0.717) is 46.0 Å². The zero-order chi connectivity index (χ0) is 18.0. The smallest absolute Gasteiger partial charge is 0.256 e. The highest BCUT2D eigenvalue weighted by atomic mass is 79.9. The fraction of sp³-hybridized carbons (Fsp3) is 0.263. The van der Waals surface area contributed by atoms with Crippen molar-refractivity contribution in [3.05, 3.63) is 52.0 Å². The molecule has 2 aromatic carbocycles. The van der Waals surface area contributed by atoms with Crippen molar-refractivity contribution in [2.45, 2.75) is 13.8 Å². The second kappa shape index (κ2) is 7.27. The second-order valence-electron chi connectivity index (χ2n) is 5.99. The van der Waals surface area contributed by atoms with Gasteiger partial charge in [0.2, 0.25) is 0 Å². The van der Waals surface area contributed by atoms with E-state index < -0.39 is 0 Å². The summed E-state index contributed by atoms with van der Waals surface area (Å²) in [5.74, 6) is 0.464. The number of ether oxygens (including phenoxy) is 2. The number of Topliss-reactive ketones (excluding diaryl/α,β-unsaturated/α-hetero) is 1. The van der Waals surface area contributed by atoms with Crippen LogP contribution in [-0.2, 0) is 0 Å². The largest absolute Gasteiger partial charge is 0.486 e. The van der Waals surface area contributed by atoms with Crippen LogP contribution < -0.4 is 14.8 Å². The Morgan fingerprint density at radius 1 is 1.04 bits per heavy atom. The van der Waals surface area contributed by atoms with E-state index >= 15 is 0 Å². The maximum atomic E-state index is 12.6. The number of hydrogen-bond acceptors (Lipinski definition) is 4. The predicted octanol–water partition coefficient (Wildman–Crippen LogP) is 4.31. The number of carbonyl (C=O) groups is 2. The molecular weight excluding hydrogens is 386 g/mol. The summed E-state index contributed by atoms with van der Waals surface area (Å²) < 4.78 is 11.8. The molecule has 0 radical (unpaired) electrons. The lowest BCUT2D eigenvalue weighted by Gasteiger charge is -2.21. The van der Waals surface area contributed by atoms with Gasteiger partial charge >= 0.3 is 0 Å². The Hall–Kier alpha value is -2.34. The molecule has 6 heteroatoms. The van der Waals surface area contributed by atoms with Crippen molar-refractivity contribution in [3.8, 4) is 11.5 Å². The van der Waals surface area contributed by atoms with Gasteiger partial charge in [0, 0.05) is 22.0 Å². The SMILES string of the molecule is CC(C)C(=O)c1cc2c(cc1NC(=O)c1ccccc1Br)OCCO2. The Labute approximate surface area is 154 Å². The van der Waals surface area contributed by atoms with Crippen LogP contribution in [0.3, 0.4) is 0 Å². The molecule has 1 aliphatic heterocycles. The van der Waals surface area contributed by atoms with Crippen molar-refractivity contribution < 1.29 is 19.1 Å². The van der Waals surface area contributed by atoms with E-state index in [2.05, 4.69) is 21.2 Å². The summed E-state index contributed by atoms with van der Waals surface area (Å²) in [5, 5.41) is 2.83. The first-order chi connectivity index (χ1) is 12.0. The van der Waals surface area contributed by atoms with Gasteiger partial charge in [0.05, 0.1) is 11.3 Å². The van der Waals surface area contributed by atoms with Crippen molar-refractivity contribution in [2.75, 3.05) is 18.5 Å². The van der Waals surface area contributed by atoms with Crippen LogP contribution in [0, 0.1) is 5.92 Å². The van der Waals surface area contributed by atoms with E-state index in [0.717, 1.165) is 0 Å². The lowest BCUT2D eigenvalue weighted by atomic mass is 9.98. The zero-order valence-electron chi connectivity index (χ0n) is 14.0. The van der Waals surface area contributed by atoms with Gasteiger partial charge in [-0.25, -0.2) is 0 Å². The minimum atomic E-state index is -0.304. The molecule has 0 unspecified atom stereocenters. The summed E-state index contributed by atoms with van der Waals surface area (Å²) in [6.45, 7) is 4.50. The minimum Gasteiger partial charge on any atom is -0.486 e. The number of hydrogen-bond donors (Lipinski definition) is 1. The predicted molar refractivity (Wildman–Crippen MR) is 98.7 cm³/mol. The molecule has 1 amide bonds. The first-order valence-corrected chi connectivity index (χ1v) is 8.80. The normalized spacial score (nSPS) is 12.8. The Kier molecular flexibility index (Phi) is 5.08. The molecule has 1 N–H and O–H groups in total. The Morgan fingerprint density at radius 3 is 2.32 bits per heavy atom. The Balaban J connectivity index is 2.00. The van der Waals surface area contributed by atoms with Crippen LogP contribution in [-0.4, -0.2) is 24.9 Å². The fourth-order valence-electron chi connectivity index (χ4n) is 2.54. The number of anilines is 1. The van der Waals surface area contributed by atoms with Gasteiger partial charge in [0.1, 0.15) is 13.2 Å². The number of fused-ring (bicyclic) bond motifs is 1. The molecular formula is C19H18BrNO4. The number of benzene rings is 2. The summed E-state index contributed by atoms with van der Waals surface area (Å²) in [6, 6.07) is 10.4. The first-order valence-electron chi connectivity index (χ1n) is 8.01. The Morgan fingerprint density at radius 2 is 1.68 bits per heavy atom. The van der Waals surface area contributed by atoms with Crippen molar-refractivity contribution in [1.29, 1.82) is 0 Å². The highest BCUT2D eigenvalue weighted by Gasteiger charge is 2.23. The molecule has 0 fully saturated rings. The molecule has 25 heavy (non-hydrogen) atoms. The summed E-state index contributed by atoms with van der Waals surface area (Å²) in [4.78, 5) is 25.2.